The third kappa shape index (κ3) is 2.71. The lowest BCUT2D eigenvalue weighted by atomic mass is 10.3. The van der Waals surface area contributed by atoms with Crippen LogP contribution in [0.4, 0.5) is 0 Å². The maximum absolute atomic E-state index is 9.47. The quantitative estimate of drug-likeness (QED) is 0.802. The maximum Gasteiger partial charge on any atom is 0.165 e. The van der Waals surface area contributed by atoms with E-state index in [1.807, 2.05) is 36.4 Å². The summed E-state index contributed by atoms with van der Waals surface area (Å²) in [5, 5.41) is 10.6. The molecule has 2 nitrogen and oxygen atoms in total. The van der Waals surface area contributed by atoms with E-state index >= 15 is 0 Å². The van der Waals surface area contributed by atoms with E-state index in [9.17, 15) is 5.11 Å². The van der Waals surface area contributed by atoms with Crippen LogP contribution in [0, 0.1) is 0 Å². The van der Waals surface area contributed by atoms with Crippen LogP contribution in [0.15, 0.2) is 54.6 Å². The van der Waals surface area contributed by atoms with Crippen LogP contribution in [0.1, 0.15) is 0 Å². The van der Waals surface area contributed by atoms with Gasteiger partial charge in [0.1, 0.15) is 8.81 Å². The van der Waals surface area contributed by atoms with Crippen LogP contribution in [-0.2, 0) is 0 Å². The molecule has 0 radical (unpaired) electrons. The van der Waals surface area contributed by atoms with Crippen LogP contribution in [0.5, 0.6) is 11.5 Å². The molecule has 0 aliphatic heterocycles. The largest absolute Gasteiger partial charge is 0.504 e. The molecule has 0 aliphatic carbocycles. The SMILES string of the molecule is Oc1ccccc1OPc1ccccc1. The summed E-state index contributed by atoms with van der Waals surface area (Å²) in [7, 11) is 0.218. The highest BCUT2D eigenvalue weighted by atomic mass is 31.1. The molecular formula is C12H11O2P. The second-order valence-corrected chi connectivity index (χ2v) is 4.02. The van der Waals surface area contributed by atoms with Crippen LogP contribution in [0.2, 0.25) is 0 Å². The van der Waals surface area contributed by atoms with Gasteiger partial charge in [-0.15, -0.1) is 0 Å². The summed E-state index contributed by atoms with van der Waals surface area (Å²) in [5.74, 6) is 0.709. The van der Waals surface area contributed by atoms with E-state index in [1.165, 1.54) is 0 Å². The summed E-state index contributed by atoms with van der Waals surface area (Å²) in [6.07, 6.45) is 0. The summed E-state index contributed by atoms with van der Waals surface area (Å²) in [4.78, 5) is 0. The fraction of sp³-hybridized carbons (Fsp3) is 0. The minimum atomic E-state index is 0.181. The Hall–Kier alpha value is -1.53. The van der Waals surface area contributed by atoms with Gasteiger partial charge in [-0.1, -0.05) is 42.5 Å². The van der Waals surface area contributed by atoms with Crippen molar-refractivity contribution in [1.29, 1.82) is 0 Å². The Morgan fingerprint density at radius 2 is 1.53 bits per heavy atom. The molecule has 2 aromatic rings. The van der Waals surface area contributed by atoms with Crippen LogP contribution in [-0.4, -0.2) is 5.11 Å². The van der Waals surface area contributed by atoms with Crippen molar-refractivity contribution in [2.24, 2.45) is 0 Å². The van der Waals surface area contributed by atoms with Crippen molar-refractivity contribution in [2.75, 3.05) is 0 Å². The summed E-state index contributed by atoms with van der Waals surface area (Å²) < 4.78 is 5.50. The lowest BCUT2D eigenvalue weighted by Crippen LogP contribution is -1.94. The van der Waals surface area contributed by atoms with Crippen molar-refractivity contribution < 1.29 is 9.63 Å². The summed E-state index contributed by atoms with van der Waals surface area (Å²) in [6, 6.07) is 16.9. The van der Waals surface area contributed by atoms with Crippen LogP contribution < -0.4 is 9.83 Å². The molecule has 0 aromatic heterocycles. The van der Waals surface area contributed by atoms with E-state index in [4.69, 9.17) is 4.52 Å². The molecule has 0 aliphatic rings. The second-order valence-electron chi connectivity index (χ2n) is 3.04. The van der Waals surface area contributed by atoms with Crippen LogP contribution in [0.3, 0.4) is 0 Å². The van der Waals surface area contributed by atoms with Gasteiger partial charge in [-0.2, -0.15) is 0 Å². The molecular weight excluding hydrogens is 207 g/mol. The number of rotatable bonds is 3. The Morgan fingerprint density at radius 1 is 0.867 bits per heavy atom. The van der Waals surface area contributed by atoms with Crippen molar-refractivity contribution in [3.05, 3.63) is 54.6 Å². The van der Waals surface area contributed by atoms with Gasteiger partial charge in [0.2, 0.25) is 0 Å². The molecule has 1 unspecified atom stereocenters. The van der Waals surface area contributed by atoms with Gasteiger partial charge in [0.25, 0.3) is 0 Å². The number of hydrogen-bond donors (Lipinski definition) is 1. The lowest BCUT2D eigenvalue weighted by molar-refractivity contribution is 0.449. The van der Waals surface area contributed by atoms with Crippen molar-refractivity contribution in [2.45, 2.75) is 0 Å². The Morgan fingerprint density at radius 3 is 2.27 bits per heavy atom. The number of benzene rings is 2. The van der Waals surface area contributed by atoms with Crippen molar-refractivity contribution in [3.63, 3.8) is 0 Å². The lowest BCUT2D eigenvalue weighted by Gasteiger charge is -2.06. The third-order valence-electron chi connectivity index (χ3n) is 1.92. The average Bonchev–Trinajstić information content (AvgIpc) is 2.29. The standard InChI is InChI=1S/C12H11O2P/c13-11-8-4-5-9-12(11)14-15-10-6-2-1-3-7-10/h1-9,13,15H. The molecule has 0 amide bonds. The zero-order chi connectivity index (χ0) is 10.5. The Kier molecular flexibility index (Phi) is 3.21. The number of phenolic OH excluding ortho intramolecular Hbond substituents is 1. The topological polar surface area (TPSA) is 29.5 Å². The monoisotopic (exact) mass is 218 g/mol. The molecule has 1 N–H and O–H groups in total. The molecule has 0 spiro atoms. The third-order valence-corrected chi connectivity index (χ3v) is 2.81. The highest BCUT2D eigenvalue weighted by Gasteiger charge is 2.00. The first kappa shape index (κ1) is 10.0. The van der Waals surface area contributed by atoms with Gasteiger partial charge in [0.15, 0.2) is 11.5 Å². The minimum Gasteiger partial charge on any atom is -0.504 e. The van der Waals surface area contributed by atoms with Gasteiger partial charge in [-0.25, -0.2) is 0 Å². The highest BCUT2D eigenvalue weighted by molar-refractivity contribution is 7.42. The molecule has 76 valence electrons. The van der Waals surface area contributed by atoms with Gasteiger partial charge in [-0.3, -0.25) is 0 Å². The zero-order valence-electron chi connectivity index (χ0n) is 8.05. The second kappa shape index (κ2) is 4.81. The summed E-state index contributed by atoms with van der Waals surface area (Å²) in [5.41, 5.74) is 0. The van der Waals surface area contributed by atoms with Gasteiger partial charge in [-0.05, 0) is 12.1 Å². The molecule has 0 fully saturated rings. The molecule has 0 heterocycles. The number of phenols is 1. The average molecular weight is 218 g/mol. The molecule has 3 heteroatoms. The maximum atomic E-state index is 9.47. The van der Waals surface area contributed by atoms with Gasteiger partial charge in [0.05, 0.1) is 0 Å². The van der Waals surface area contributed by atoms with Crippen LogP contribution >= 0.6 is 8.81 Å². The molecule has 0 saturated carbocycles. The molecule has 2 rings (SSSR count). The smallest absolute Gasteiger partial charge is 0.165 e. The normalized spacial score (nSPS) is 10.7. The van der Waals surface area contributed by atoms with Crippen molar-refractivity contribution >= 4 is 14.1 Å². The van der Waals surface area contributed by atoms with Gasteiger partial charge in [0, 0.05) is 5.30 Å². The minimum absolute atomic E-state index is 0.181. The first-order valence-corrected chi connectivity index (χ1v) is 5.53. The van der Waals surface area contributed by atoms with Gasteiger partial charge < -0.3 is 9.63 Å². The molecule has 15 heavy (non-hydrogen) atoms. The Bertz CT molecular complexity index is 429. The molecule has 1 atom stereocenters. The fourth-order valence-corrected chi connectivity index (χ4v) is 1.89. The first-order chi connectivity index (χ1) is 7.36. The zero-order valence-corrected chi connectivity index (χ0v) is 9.05. The first-order valence-electron chi connectivity index (χ1n) is 4.62. The van der Waals surface area contributed by atoms with E-state index in [0.29, 0.717) is 5.75 Å². The molecule has 0 bridgehead atoms. The highest BCUT2D eigenvalue weighted by Crippen LogP contribution is 2.29. The van der Waals surface area contributed by atoms with Gasteiger partial charge >= 0.3 is 0 Å². The molecule has 2 aromatic carbocycles. The predicted molar refractivity (Wildman–Crippen MR) is 63.1 cm³/mol. The summed E-state index contributed by atoms with van der Waals surface area (Å²) in [6.45, 7) is 0. The Labute approximate surface area is 90.4 Å². The van der Waals surface area contributed by atoms with Crippen molar-refractivity contribution in [3.8, 4) is 11.5 Å². The number of aromatic hydroxyl groups is 1. The van der Waals surface area contributed by atoms with E-state index in [-0.39, 0.29) is 14.6 Å². The van der Waals surface area contributed by atoms with E-state index in [2.05, 4.69) is 0 Å². The predicted octanol–water partition coefficient (Wildman–Crippen LogP) is 2.69. The summed E-state index contributed by atoms with van der Waals surface area (Å²) >= 11 is 0. The molecule has 0 saturated heterocycles. The number of para-hydroxylation sites is 2. The van der Waals surface area contributed by atoms with Crippen molar-refractivity contribution in [1.82, 2.24) is 0 Å². The van der Waals surface area contributed by atoms with Crippen LogP contribution in [0.25, 0.3) is 0 Å². The fourth-order valence-electron chi connectivity index (χ4n) is 1.16. The Balaban J connectivity index is 2.03. The van der Waals surface area contributed by atoms with E-state index in [0.717, 1.165) is 5.30 Å². The number of hydrogen-bond acceptors (Lipinski definition) is 2. The van der Waals surface area contributed by atoms with E-state index < -0.39 is 0 Å². The van der Waals surface area contributed by atoms with E-state index in [1.54, 1.807) is 18.2 Å².